The highest BCUT2D eigenvalue weighted by molar-refractivity contribution is 5.75. The van der Waals surface area contributed by atoms with Gasteiger partial charge in [0.15, 0.2) is 11.4 Å². The Labute approximate surface area is 91.1 Å². The Kier molecular flexibility index (Phi) is 1.91. The van der Waals surface area contributed by atoms with Crippen LogP contribution in [0.5, 0.6) is 0 Å². The predicted octanol–water partition coefficient (Wildman–Crippen LogP) is 1.90. The Hall–Kier alpha value is -1.62. The van der Waals surface area contributed by atoms with E-state index in [1.165, 1.54) is 6.07 Å². The third kappa shape index (κ3) is 1.44. The molecular weight excluding hydrogens is 211 g/mol. The molecule has 3 rings (SSSR count). The number of anilines is 1. The van der Waals surface area contributed by atoms with Gasteiger partial charge in [-0.15, -0.1) is 0 Å². The molecule has 1 fully saturated rings. The first kappa shape index (κ1) is 9.59. The van der Waals surface area contributed by atoms with Crippen molar-refractivity contribution in [1.29, 1.82) is 0 Å². The number of benzene rings is 1. The van der Waals surface area contributed by atoms with Gasteiger partial charge in [-0.3, -0.25) is 0 Å². The van der Waals surface area contributed by atoms with Crippen molar-refractivity contribution < 1.29 is 13.9 Å². The fourth-order valence-corrected chi connectivity index (χ4v) is 1.67. The number of halogens is 1. The molecule has 84 valence electrons. The third-order valence-corrected chi connectivity index (χ3v) is 2.90. The Morgan fingerprint density at radius 3 is 2.94 bits per heavy atom. The van der Waals surface area contributed by atoms with Gasteiger partial charge in [0, 0.05) is 0 Å². The molecule has 0 amide bonds. The van der Waals surface area contributed by atoms with E-state index >= 15 is 0 Å². The fourth-order valence-electron chi connectivity index (χ4n) is 1.67. The number of rotatable bonds is 3. The number of para-hydroxylation sites is 1. The molecule has 1 aliphatic carbocycles. The van der Waals surface area contributed by atoms with Crippen LogP contribution in [0.25, 0.3) is 11.1 Å². The maximum Gasteiger partial charge on any atom is 0.296 e. The zero-order valence-corrected chi connectivity index (χ0v) is 8.53. The smallest absolute Gasteiger partial charge is 0.296 e. The maximum atomic E-state index is 13.3. The van der Waals surface area contributed by atoms with Gasteiger partial charge in [0.25, 0.3) is 6.01 Å². The summed E-state index contributed by atoms with van der Waals surface area (Å²) < 4.78 is 18.7. The molecule has 0 radical (unpaired) electrons. The van der Waals surface area contributed by atoms with E-state index < -0.39 is 5.82 Å². The van der Waals surface area contributed by atoms with E-state index in [1.54, 1.807) is 12.1 Å². The molecule has 1 aromatic carbocycles. The molecule has 0 spiro atoms. The summed E-state index contributed by atoms with van der Waals surface area (Å²) in [7, 11) is 0. The number of aromatic nitrogens is 1. The summed E-state index contributed by atoms with van der Waals surface area (Å²) in [6.07, 6.45) is 1.76. The van der Waals surface area contributed by atoms with E-state index in [9.17, 15) is 4.39 Å². The van der Waals surface area contributed by atoms with Crippen molar-refractivity contribution >= 4 is 17.1 Å². The van der Waals surface area contributed by atoms with Crippen LogP contribution >= 0.6 is 0 Å². The van der Waals surface area contributed by atoms with Crippen LogP contribution in [-0.2, 0) is 0 Å². The minimum atomic E-state index is -0.400. The largest absolute Gasteiger partial charge is 0.423 e. The molecule has 2 N–H and O–H groups in total. The SMILES string of the molecule is OCC1(Nc2nc3c(F)cccc3o2)CC1. The second-order valence-corrected chi connectivity index (χ2v) is 4.17. The van der Waals surface area contributed by atoms with Gasteiger partial charge in [-0.05, 0) is 25.0 Å². The summed E-state index contributed by atoms with van der Waals surface area (Å²) in [4.78, 5) is 4.02. The summed E-state index contributed by atoms with van der Waals surface area (Å²) in [5.41, 5.74) is 0.326. The van der Waals surface area contributed by atoms with E-state index in [4.69, 9.17) is 9.52 Å². The normalized spacial score (nSPS) is 17.6. The summed E-state index contributed by atoms with van der Waals surface area (Å²) >= 11 is 0. The molecule has 0 unspecified atom stereocenters. The second kappa shape index (κ2) is 3.18. The maximum absolute atomic E-state index is 13.3. The van der Waals surface area contributed by atoms with Crippen LogP contribution in [0.1, 0.15) is 12.8 Å². The van der Waals surface area contributed by atoms with Crippen molar-refractivity contribution in [1.82, 2.24) is 4.98 Å². The number of nitrogens with one attached hydrogen (secondary N) is 1. The molecular formula is C11H11FN2O2. The van der Waals surface area contributed by atoms with Crippen molar-refractivity contribution in [2.45, 2.75) is 18.4 Å². The van der Waals surface area contributed by atoms with Crippen LogP contribution < -0.4 is 5.32 Å². The van der Waals surface area contributed by atoms with Crippen LogP contribution in [0.3, 0.4) is 0 Å². The molecule has 1 saturated carbocycles. The number of aliphatic hydroxyl groups excluding tert-OH is 1. The molecule has 5 heteroatoms. The lowest BCUT2D eigenvalue weighted by molar-refractivity contribution is 0.264. The van der Waals surface area contributed by atoms with Crippen molar-refractivity contribution in [2.24, 2.45) is 0 Å². The third-order valence-electron chi connectivity index (χ3n) is 2.90. The molecule has 1 aliphatic rings. The van der Waals surface area contributed by atoms with E-state index in [2.05, 4.69) is 10.3 Å². The molecule has 1 aromatic heterocycles. The molecule has 4 nitrogen and oxygen atoms in total. The van der Waals surface area contributed by atoms with Crippen LogP contribution in [0, 0.1) is 5.82 Å². The monoisotopic (exact) mass is 222 g/mol. The van der Waals surface area contributed by atoms with E-state index in [1.807, 2.05) is 0 Å². The molecule has 0 atom stereocenters. The minimum absolute atomic E-state index is 0.0359. The lowest BCUT2D eigenvalue weighted by Crippen LogP contribution is -2.25. The van der Waals surface area contributed by atoms with Gasteiger partial charge in [-0.2, -0.15) is 4.98 Å². The standard InChI is InChI=1S/C11H11FN2O2/c12-7-2-1-3-8-9(7)13-10(16-8)14-11(6-15)4-5-11/h1-3,15H,4-6H2,(H,13,14). The summed E-state index contributed by atoms with van der Waals surface area (Å²) in [6.45, 7) is 0.0359. The topological polar surface area (TPSA) is 58.3 Å². The first-order valence-electron chi connectivity index (χ1n) is 5.17. The summed E-state index contributed by atoms with van der Waals surface area (Å²) in [5.74, 6) is -0.400. The highest BCUT2D eigenvalue weighted by Crippen LogP contribution is 2.38. The van der Waals surface area contributed by atoms with Crippen molar-refractivity contribution in [3.8, 4) is 0 Å². The molecule has 0 bridgehead atoms. The highest BCUT2D eigenvalue weighted by atomic mass is 19.1. The van der Waals surface area contributed by atoms with E-state index in [-0.39, 0.29) is 23.7 Å². The van der Waals surface area contributed by atoms with Gasteiger partial charge in [0.2, 0.25) is 0 Å². The predicted molar refractivity (Wildman–Crippen MR) is 56.6 cm³/mol. The van der Waals surface area contributed by atoms with Gasteiger partial charge in [-0.1, -0.05) is 6.07 Å². The minimum Gasteiger partial charge on any atom is -0.423 e. The van der Waals surface area contributed by atoms with Gasteiger partial charge in [0.1, 0.15) is 5.52 Å². The number of hydrogen-bond donors (Lipinski definition) is 2. The average molecular weight is 222 g/mol. The Balaban J connectivity index is 1.96. The van der Waals surface area contributed by atoms with E-state index in [0.29, 0.717) is 5.58 Å². The van der Waals surface area contributed by atoms with Crippen molar-refractivity contribution in [3.05, 3.63) is 24.0 Å². The van der Waals surface area contributed by atoms with Gasteiger partial charge < -0.3 is 14.8 Å². The lowest BCUT2D eigenvalue weighted by Gasteiger charge is -2.10. The molecule has 1 heterocycles. The van der Waals surface area contributed by atoms with Gasteiger partial charge in [0.05, 0.1) is 12.1 Å². The van der Waals surface area contributed by atoms with Crippen LogP contribution in [0.4, 0.5) is 10.4 Å². The summed E-state index contributed by atoms with van der Waals surface area (Å²) in [6, 6.07) is 4.85. The van der Waals surface area contributed by atoms with Crippen molar-refractivity contribution in [3.63, 3.8) is 0 Å². The van der Waals surface area contributed by atoms with Crippen LogP contribution in [0.15, 0.2) is 22.6 Å². The van der Waals surface area contributed by atoms with Crippen LogP contribution in [0.2, 0.25) is 0 Å². The zero-order chi connectivity index (χ0) is 11.2. The first-order chi connectivity index (χ1) is 7.72. The molecule has 16 heavy (non-hydrogen) atoms. The first-order valence-corrected chi connectivity index (χ1v) is 5.17. The van der Waals surface area contributed by atoms with Gasteiger partial charge >= 0.3 is 0 Å². The second-order valence-electron chi connectivity index (χ2n) is 4.17. The zero-order valence-electron chi connectivity index (χ0n) is 8.53. The van der Waals surface area contributed by atoms with Gasteiger partial charge in [-0.25, -0.2) is 4.39 Å². The molecule has 2 aromatic rings. The van der Waals surface area contributed by atoms with E-state index in [0.717, 1.165) is 12.8 Å². The fraction of sp³-hybridized carbons (Fsp3) is 0.364. The summed E-state index contributed by atoms with van der Waals surface area (Å²) in [5, 5.41) is 12.1. The number of fused-ring (bicyclic) bond motifs is 1. The number of oxazole rings is 1. The number of aliphatic hydroxyl groups is 1. The Bertz CT molecular complexity index is 534. The number of hydrogen-bond acceptors (Lipinski definition) is 4. The Morgan fingerprint density at radius 1 is 1.50 bits per heavy atom. The average Bonchev–Trinajstić information content (AvgIpc) is 2.91. The van der Waals surface area contributed by atoms with Crippen LogP contribution in [-0.4, -0.2) is 22.2 Å². The van der Waals surface area contributed by atoms with Crippen molar-refractivity contribution in [2.75, 3.05) is 11.9 Å². The molecule has 0 saturated heterocycles. The lowest BCUT2D eigenvalue weighted by atomic mass is 10.3. The Morgan fingerprint density at radius 2 is 2.31 bits per heavy atom. The number of nitrogens with zero attached hydrogens (tertiary/aromatic N) is 1. The quantitative estimate of drug-likeness (QED) is 0.832. The highest BCUT2D eigenvalue weighted by Gasteiger charge is 2.43. The molecule has 0 aliphatic heterocycles.